The van der Waals surface area contributed by atoms with Crippen LogP contribution in [0.1, 0.15) is 51.7 Å². The van der Waals surface area contributed by atoms with Gasteiger partial charge >= 0.3 is 6.09 Å². The summed E-state index contributed by atoms with van der Waals surface area (Å²) >= 11 is 0. The van der Waals surface area contributed by atoms with Crippen molar-refractivity contribution in [3.63, 3.8) is 0 Å². The molecule has 2 aromatic rings. The van der Waals surface area contributed by atoms with Crippen molar-refractivity contribution in [2.75, 3.05) is 11.9 Å². The van der Waals surface area contributed by atoms with Gasteiger partial charge in [0.25, 0.3) is 0 Å². The van der Waals surface area contributed by atoms with E-state index in [9.17, 15) is 18.0 Å². The second-order valence-electron chi connectivity index (χ2n) is 9.44. The quantitative estimate of drug-likeness (QED) is 0.493. The van der Waals surface area contributed by atoms with Crippen molar-refractivity contribution in [3.8, 4) is 0 Å². The number of para-hydroxylation sites is 1. The Kier molecular flexibility index (Phi) is 8.34. The van der Waals surface area contributed by atoms with Crippen LogP contribution in [0.15, 0.2) is 59.5 Å². The number of carbonyl (C=O) groups excluding carboxylic acids is 2. The third-order valence-corrected chi connectivity index (χ3v) is 6.72. The first-order valence-electron chi connectivity index (χ1n) is 11.6. The fourth-order valence-electron chi connectivity index (χ4n) is 3.21. The van der Waals surface area contributed by atoms with Gasteiger partial charge in [0, 0.05) is 24.4 Å². The third-order valence-electron chi connectivity index (χ3n) is 5.19. The molecule has 8 nitrogen and oxygen atoms in total. The maximum Gasteiger partial charge on any atom is 0.410 e. The summed E-state index contributed by atoms with van der Waals surface area (Å²) in [4.78, 5) is 26.8. The minimum atomic E-state index is -3.51. The molecule has 0 bridgehead atoms. The summed E-state index contributed by atoms with van der Waals surface area (Å²) in [7, 11) is -3.51. The Morgan fingerprint density at radius 3 is 2.34 bits per heavy atom. The lowest BCUT2D eigenvalue weighted by Gasteiger charge is -2.27. The molecule has 0 saturated heterocycles. The van der Waals surface area contributed by atoms with Crippen LogP contribution < -0.4 is 10.0 Å². The Hall–Kier alpha value is -3.17. The number of benzene rings is 2. The minimum absolute atomic E-state index is 0.0414. The summed E-state index contributed by atoms with van der Waals surface area (Å²) in [5.74, 6) is -0.343. The summed E-state index contributed by atoms with van der Waals surface area (Å²) in [5.41, 5.74) is 1.47. The molecule has 1 fully saturated rings. The van der Waals surface area contributed by atoms with E-state index in [1.165, 1.54) is 18.2 Å². The summed E-state index contributed by atoms with van der Waals surface area (Å²) < 4.78 is 32.7. The normalized spacial score (nSPS) is 14.1. The van der Waals surface area contributed by atoms with Crippen molar-refractivity contribution >= 4 is 33.8 Å². The summed E-state index contributed by atoms with van der Waals surface area (Å²) in [6, 6.07) is 13.7. The molecule has 0 unspecified atom stereocenters. The zero-order valence-corrected chi connectivity index (χ0v) is 21.4. The van der Waals surface area contributed by atoms with E-state index < -0.39 is 21.7 Å². The van der Waals surface area contributed by atoms with E-state index in [0.29, 0.717) is 17.8 Å². The first kappa shape index (κ1) is 26.4. The molecule has 9 heteroatoms. The Morgan fingerprint density at radius 2 is 1.74 bits per heavy atom. The zero-order valence-electron chi connectivity index (χ0n) is 20.6. The van der Waals surface area contributed by atoms with Crippen molar-refractivity contribution in [2.45, 2.75) is 63.6 Å². The van der Waals surface area contributed by atoms with Gasteiger partial charge in [-0.2, -0.15) is 0 Å². The molecule has 0 aliphatic heterocycles. The number of amides is 2. The predicted molar refractivity (Wildman–Crippen MR) is 136 cm³/mol. The highest BCUT2D eigenvalue weighted by Crippen LogP contribution is 2.23. The number of carbonyl (C=O) groups is 2. The van der Waals surface area contributed by atoms with E-state index in [0.717, 1.165) is 18.4 Å². The van der Waals surface area contributed by atoms with Crippen LogP contribution in [0.2, 0.25) is 0 Å². The molecule has 1 aliphatic rings. The minimum Gasteiger partial charge on any atom is -0.444 e. The average molecular weight is 500 g/mol. The Labute approximate surface area is 207 Å². The molecular formula is C26H33N3O5S. The number of ether oxygens (including phenoxy) is 1. The molecule has 1 saturated carbocycles. The van der Waals surface area contributed by atoms with Crippen molar-refractivity contribution in [3.05, 3.63) is 65.7 Å². The average Bonchev–Trinajstić information content (AvgIpc) is 3.59. The van der Waals surface area contributed by atoms with E-state index >= 15 is 0 Å². The molecule has 2 amide bonds. The third kappa shape index (κ3) is 8.22. The number of anilines is 1. The molecule has 0 spiro atoms. The van der Waals surface area contributed by atoms with Crippen LogP contribution >= 0.6 is 0 Å². The zero-order chi connectivity index (χ0) is 25.6. The largest absolute Gasteiger partial charge is 0.444 e. The first-order chi connectivity index (χ1) is 16.5. The molecule has 188 valence electrons. The molecule has 1 aliphatic carbocycles. The first-order valence-corrected chi connectivity index (χ1v) is 13.1. The standard InChI is InChI=1S/C26H33N3O5S/c1-5-29(25(31)34-26(2,3)4)18-20-8-6-7-9-23(20)27-24(30)17-12-19-10-15-22(16-11-19)35(32,33)28-21-13-14-21/h6-12,15-17,21,28H,5,13-14,18H2,1-4H3,(H,27,30). The topological polar surface area (TPSA) is 105 Å². The van der Waals surface area contributed by atoms with Crippen LogP contribution in [0, 0.1) is 0 Å². The van der Waals surface area contributed by atoms with Gasteiger partial charge in [-0.05, 0) is 75.9 Å². The summed E-state index contributed by atoms with van der Waals surface area (Å²) in [6.07, 6.45) is 4.32. The number of nitrogens with zero attached hydrogens (tertiary/aromatic N) is 1. The smallest absolute Gasteiger partial charge is 0.410 e. The van der Waals surface area contributed by atoms with Gasteiger partial charge < -0.3 is 15.0 Å². The van der Waals surface area contributed by atoms with Crippen LogP contribution in [0.3, 0.4) is 0 Å². The molecule has 0 heterocycles. The second-order valence-corrected chi connectivity index (χ2v) is 11.2. The maximum absolute atomic E-state index is 12.6. The van der Waals surface area contributed by atoms with E-state index in [2.05, 4.69) is 10.0 Å². The Morgan fingerprint density at radius 1 is 1.09 bits per heavy atom. The lowest BCUT2D eigenvalue weighted by atomic mass is 10.1. The fraction of sp³-hybridized carbons (Fsp3) is 0.385. The van der Waals surface area contributed by atoms with Crippen LogP contribution in [0.25, 0.3) is 6.08 Å². The summed E-state index contributed by atoms with van der Waals surface area (Å²) in [6.45, 7) is 8.06. The number of sulfonamides is 1. The van der Waals surface area contributed by atoms with Gasteiger partial charge in [0.15, 0.2) is 0 Å². The Bertz CT molecular complexity index is 1180. The molecule has 2 aromatic carbocycles. The number of nitrogens with one attached hydrogen (secondary N) is 2. The van der Waals surface area contributed by atoms with Crippen LogP contribution in [-0.2, 0) is 26.1 Å². The van der Waals surface area contributed by atoms with Crippen LogP contribution in [0.4, 0.5) is 10.5 Å². The van der Waals surface area contributed by atoms with Crippen molar-refractivity contribution in [1.82, 2.24) is 9.62 Å². The number of hydrogen-bond donors (Lipinski definition) is 2. The van der Waals surface area contributed by atoms with Crippen LogP contribution in [0.5, 0.6) is 0 Å². The van der Waals surface area contributed by atoms with Gasteiger partial charge in [0.1, 0.15) is 5.60 Å². The van der Waals surface area contributed by atoms with Crippen molar-refractivity contribution < 1.29 is 22.7 Å². The van der Waals surface area contributed by atoms with Gasteiger partial charge in [-0.25, -0.2) is 17.9 Å². The van der Waals surface area contributed by atoms with Crippen molar-refractivity contribution in [1.29, 1.82) is 0 Å². The van der Waals surface area contributed by atoms with Gasteiger partial charge in [-0.15, -0.1) is 0 Å². The highest BCUT2D eigenvalue weighted by atomic mass is 32.2. The monoisotopic (exact) mass is 499 g/mol. The lowest BCUT2D eigenvalue weighted by molar-refractivity contribution is -0.111. The molecule has 0 atom stereocenters. The maximum atomic E-state index is 12.6. The van der Waals surface area contributed by atoms with Gasteiger partial charge in [-0.3, -0.25) is 4.79 Å². The number of rotatable bonds is 9. The SMILES string of the molecule is CCN(Cc1ccccc1NC(=O)C=Cc1ccc(S(=O)(=O)NC2CC2)cc1)C(=O)OC(C)(C)C. The lowest BCUT2D eigenvalue weighted by Crippen LogP contribution is -2.36. The van der Waals surface area contributed by atoms with E-state index in [1.807, 2.05) is 39.8 Å². The van der Waals surface area contributed by atoms with Crippen molar-refractivity contribution in [2.24, 2.45) is 0 Å². The molecule has 2 N–H and O–H groups in total. The summed E-state index contributed by atoms with van der Waals surface area (Å²) in [5, 5.41) is 2.85. The van der Waals surface area contributed by atoms with Gasteiger partial charge in [-0.1, -0.05) is 30.3 Å². The Balaban J connectivity index is 1.63. The van der Waals surface area contributed by atoms with E-state index in [1.54, 1.807) is 35.2 Å². The van der Waals surface area contributed by atoms with E-state index in [-0.39, 0.29) is 23.4 Å². The molecule has 0 radical (unpaired) electrons. The predicted octanol–water partition coefficient (Wildman–Crippen LogP) is 4.54. The van der Waals surface area contributed by atoms with Crippen LogP contribution in [-0.4, -0.2) is 43.5 Å². The highest BCUT2D eigenvalue weighted by Gasteiger charge is 2.27. The molecule has 3 rings (SSSR count). The van der Waals surface area contributed by atoms with Gasteiger partial charge in [0.05, 0.1) is 11.4 Å². The number of hydrogen-bond acceptors (Lipinski definition) is 5. The molecule has 0 aromatic heterocycles. The van der Waals surface area contributed by atoms with Gasteiger partial charge in [0.2, 0.25) is 15.9 Å². The fourth-order valence-corrected chi connectivity index (χ4v) is 4.52. The highest BCUT2D eigenvalue weighted by molar-refractivity contribution is 7.89. The van der Waals surface area contributed by atoms with E-state index in [4.69, 9.17) is 4.74 Å². The second kappa shape index (κ2) is 11.0. The molecular weight excluding hydrogens is 466 g/mol. The molecule has 35 heavy (non-hydrogen) atoms.